The lowest BCUT2D eigenvalue weighted by atomic mass is 10.0. The molecule has 4 rings (SSSR count). The summed E-state index contributed by atoms with van der Waals surface area (Å²) in [5.74, 6) is -0.00862. The van der Waals surface area contributed by atoms with Crippen LogP contribution in [0, 0.1) is 0 Å². The summed E-state index contributed by atoms with van der Waals surface area (Å²) in [5.41, 5.74) is 3.02. The lowest BCUT2D eigenvalue weighted by Gasteiger charge is -2.35. The Kier molecular flexibility index (Phi) is 7.31. The zero-order chi connectivity index (χ0) is 23.2. The zero-order valence-corrected chi connectivity index (χ0v) is 19.0. The summed E-state index contributed by atoms with van der Waals surface area (Å²) in [5, 5.41) is 5.47. The Morgan fingerprint density at radius 2 is 1.67 bits per heavy atom. The Labute approximate surface area is 193 Å². The quantitative estimate of drug-likeness (QED) is 0.609. The molecule has 9 heteroatoms. The number of anilines is 1. The van der Waals surface area contributed by atoms with Crippen molar-refractivity contribution in [2.45, 2.75) is 12.6 Å². The van der Waals surface area contributed by atoms with Crippen molar-refractivity contribution in [3.8, 4) is 11.5 Å². The van der Waals surface area contributed by atoms with E-state index in [4.69, 9.17) is 14.2 Å². The van der Waals surface area contributed by atoms with Crippen molar-refractivity contribution in [3.63, 3.8) is 0 Å². The Hall–Kier alpha value is -3.30. The van der Waals surface area contributed by atoms with Crippen LogP contribution in [0.2, 0.25) is 0 Å². The largest absolute Gasteiger partial charge is 0.454 e. The molecule has 2 aromatic carbocycles. The lowest BCUT2D eigenvalue weighted by Crippen LogP contribution is -2.46. The Balaban J connectivity index is 1.34. The molecule has 0 bridgehead atoms. The fourth-order valence-corrected chi connectivity index (χ4v) is 3.92. The molecule has 2 heterocycles. The first-order chi connectivity index (χ1) is 16.0. The van der Waals surface area contributed by atoms with Gasteiger partial charge in [-0.25, -0.2) is 0 Å². The summed E-state index contributed by atoms with van der Waals surface area (Å²) in [6.07, 6.45) is 0. The summed E-state index contributed by atoms with van der Waals surface area (Å²) < 4.78 is 16.1. The predicted molar refractivity (Wildman–Crippen MR) is 123 cm³/mol. The maximum atomic E-state index is 12.5. The van der Waals surface area contributed by atoms with Crippen molar-refractivity contribution < 1.29 is 23.8 Å². The van der Waals surface area contributed by atoms with Gasteiger partial charge in [0, 0.05) is 46.0 Å². The molecule has 0 unspecified atom stereocenters. The molecule has 2 amide bonds. The van der Waals surface area contributed by atoms with E-state index in [1.54, 1.807) is 12.1 Å². The average molecular weight is 455 g/mol. The van der Waals surface area contributed by atoms with E-state index in [2.05, 4.69) is 39.8 Å². The molecule has 0 radical (unpaired) electrons. The zero-order valence-electron chi connectivity index (χ0n) is 19.0. The first-order valence-electron chi connectivity index (χ1n) is 11.0. The van der Waals surface area contributed by atoms with Crippen LogP contribution in [-0.4, -0.2) is 70.5 Å². The third-order valence-corrected chi connectivity index (χ3v) is 5.83. The van der Waals surface area contributed by atoms with Gasteiger partial charge in [-0.05, 0) is 35.4 Å². The molecular formula is C24H30N4O5. The van der Waals surface area contributed by atoms with E-state index in [0.29, 0.717) is 31.3 Å². The number of ether oxygens (including phenoxy) is 3. The molecule has 0 saturated carbocycles. The van der Waals surface area contributed by atoms with E-state index in [0.717, 1.165) is 29.9 Å². The van der Waals surface area contributed by atoms with Crippen LogP contribution in [0.25, 0.3) is 0 Å². The first-order valence-corrected chi connectivity index (χ1v) is 11.0. The minimum atomic E-state index is -0.670. The fourth-order valence-electron chi connectivity index (χ4n) is 3.92. The molecule has 1 fully saturated rings. The molecule has 1 atom stereocenters. The Morgan fingerprint density at radius 1 is 0.970 bits per heavy atom. The van der Waals surface area contributed by atoms with Gasteiger partial charge >= 0.3 is 11.8 Å². The molecule has 2 aliphatic rings. The van der Waals surface area contributed by atoms with Gasteiger partial charge in [-0.1, -0.05) is 18.2 Å². The third-order valence-electron chi connectivity index (χ3n) is 5.83. The van der Waals surface area contributed by atoms with Crippen molar-refractivity contribution >= 4 is 17.5 Å². The van der Waals surface area contributed by atoms with Gasteiger partial charge < -0.3 is 29.7 Å². The van der Waals surface area contributed by atoms with E-state index < -0.39 is 11.8 Å². The first kappa shape index (κ1) is 22.9. The van der Waals surface area contributed by atoms with Gasteiger partial charge in [0.1, 0.15) is 0 Å². The van der Waals surface area contributed by atoms with E-state index >= 15 is 0 Å². The van der Waals surface area contributed by atoms with Gasteiger partial charge in [-0.2, -0.15) is 0 Å². The summed E-state index contributed by atoms with van der Waals surface area (Å²) in [7, 11) is 3.99. The number of benzene rings is 2. The normalized spacial score (nSPS) is 16.2. The monoisotopic (exact) mass is 454 g/mol. The smallest absolute Gasteiger partial charge is 0.309 e. The lowest BCUT2D eigenvalue weighted by molar-refractivity contribution is -0.139. The summed E-state index contributed by atoms with van der Waals surface area (Å²) in [6.45, 7) is 3.58. The topological polar surface area (TPSA) is 92.4 Å². The maximum absolute atomic E-state index is 12.5. The number of amides is 2. The number of hydrogen-bond donors (Lipinski definition) is 2. The van der Waals surface area contributed by atoms with Crippen LogP contribution in [0.5, 0.6) is 11.5 Å². The molecule has 2 N–H and O–H groups in total. The molecule has 0 aliphatic carbocycles. The molecule has 1 saturated heterocycles. The van der Waals surface area contributed by atoms with Crippen molar-refractivity contribution in [1.29, 1.82) is 0 Å². The summed E-state index contributed by atoms with van der Waals surface area (Å²) in [4.78, 5) is 29.2. The van der Waals surface area contributed by atoms with Crippen LogP contribution < -0.4 is 25.0 Å². The van der Waals surface area contributed by atoms with Crippen molar-refractivity contribution in [3.05, 3.63) is 53.6 Å². The van der Waals surface area contributed by atoms with Gasteiger partial charge in [0.25, 0.3) is 0 Å². The van der Waals surface area contributed by atoms with Gasteiger partial charge in [0.2, 0.25) is 6.79 Å². The van der Waals surface area contributed by atoms with Crippen LogP contribution in [0.1, 0.15) is 17.2 Å². The molecule has 33 heavy (non-hydrogen) atoms. The van der Waals surface area contributed by atoms with Crippen molar-refractivity contribution in [1.82, 2.24) is 15.5 Å². The van der Waals surface area contributed by atoms with E-state index in [1.807, 2.05) is 25.1 Å². The van der Waals surface area contributed by atoms with Gasteiger partial charge in [0.15, 0.2) is 11.5 Å². The number of rotatable bonds is 7. The van der Waals surface area contributed by atoms with Crippen LogP contribution in [-0.2, 0) is 20.9 Å². The highest BCUT2D eigenvalue weighted by Crippen LogP contribution is 2.32. The van der Waals surface area contributed by atoms with Gasteiger partial charge in [0.05, 0.1) is 19.3 Å². The van der Waals surface area contributed by atoms with Crippen LogP contribution in [0.15, 0.2) is 42.5 Å². The van der Waals surface area contributed by atoms with E-state index in [1.165, 1.54) is 0 Å². The second-order valence-electron chi connectivity index (χ2n) is 8.23. The highest BCUT2D eigenvalue weighted by atomic mass is 16.7. The summed E-state index contributed by atoms with van der Waals surface area (Å²) in [6, 6.07) is 13.6. The Morgan fingerprint density at radius 3 is 2.39 bits per heavy atom. The minimum absolute atomic E-state index is 0.0456. The number of nitrogens with one attached hydrogen (secondary N) is 2. The maximum Gasteiger partial charge on any atom is 0.309 e. The van der Waals surface area contributed by atoms with Crippen molar-refractivity contribution in [2.75, 3.05) is 58.6 Å². The van der Waals surface area contributed by atoms with Crippen molar-refractivity contribution in [2.24, 2.45) is 0 Å². The fraction of sp³-hybridized carbons (Fsp3) is 0.417. The van der Waals surface area contributed by atoms with Crippen LogP contribution in [0.3, 0.4) is 0 Å². The molecule has 176 valence electrons. The third kappa shape index (κ3) is 5.74. The van der Waals surface area contributed by atoms with Gasteiger partial charge in [-0.3, -0.25) is 14.5 Å². The van der Waals surface area contributed by atoms with E-state index in [9.17, 15) is 9.59 Å². The highest BCUT2D eigenvalue weighted by Gasteiger charge is 2.24. The molecule has 2 aliphatic heterocycles. The molecular weight excluding hydrogens is 424 g/mol. The van der Waals surface area contributed by atoms with Crippen LogP contribution >= 0.6 is 0 Å². The highest BCUT2D eigenvalue weighted by molar-refractivity contribution is 6.35. The summed E-state index contributed by atoms with van der Waals surface area (Å²) >= 11 is 0. The number of carbonyl (C=O) groups is 2. The van der Waals surface area contributed by atoms with E-state index in [-0.39, 0.29) is 19.4 Å². The number of morpholine rings is 1. The second kappa shape index (κ2) is 10.5. The SMILES string of the molecule is CN(C)c1ccc([C@H](CNC(=O)C(=O)NCc2ccc3c(c2)OCO3)N2CCOCC2)cc1. The molecule has 0 aromatic heterocycles. The van der Waals surface area contributed by atoms with Crippen LogP contribution in [0.4, 0.5) is 5.69 Å². The minimum Gasteiger partial charge on any atom is -0.454 e. The molecule has 0 spiro atoms. The Bertz CT molecular complexity index is 973. The number of nitrogens with zero attached hydrogens (tertiary/aromatic N) is 2. The predicted octanol–water partition coefficient (Wildman–Crippen LogP) is 1.29. The molecule has 9 nitrogen and oxygen atoms in total. The number of carbonyl (C=O) groups excluding carboxylic acids is 2. The average Bonchev–Trinajstić information content (AvgIpc) is 3.31. The standard InChI is InChI=1S/C24H30N4O5/c1-27(2)19-6-4-18(5-7-19)20(28-9-11-31-12-10-28)15-26-24(30)23(29)25-14-17-3-8-21-22(13-17)33-16-32-21/h3-8,13,20H,9-12,14-16H2,1-2H3,(H,25,29)(H,26,30)/t20-/m0/s1. The molecule has 2 aromatic rings. The second-order valence-corrected chi connectivity index (χ2v) is 8.23. The number of hydrogen-bond acceptors (Lipinski definition) is 7. The van der Waals surface area contributed by atoms with Gasteiger partial charge in [-0.15, -0.1) is 0 Å². The number of fused-ring (bicyclic) bond motifs is 1.